The first-order chi connectivity index (χ1) is 10.2. The first-order valence-corrected chi connectivity index (χ1v) is 8.81. The molecule has 1 saturated heterocycles. The number of hydrogen-bond acceptors (Lipinski definition) is 3. The van der Waals surface area contributed by atoms with Crippen LogP contribution in [0, 0.1) is 0 Å². The molecule has 6 heteroatoms. The van der Waals surface area contributed by atoms with E-state index in [0.717, 1.165) is 43.4 Å². The molecule has 1 fully saturated rings. The lowest BCUT2D eigenvalue weighted by atomic mass is 10.0. The molecule has 22 heavy (non-hydrogen) atoms. The molecule has 122 valence electrons. The Morgan fingerprint density at radius 3 is 3.00 bits per heavy atom. The summed E-state index contributed by atoms with van der Waals surface area (Å²) in [6, 6.07) is 8.49. The second kappa shape index (κ2) is 7.88. The summed E-state index contributed by atoms with van der Waals surface area (Å²) in [6.07, 6.45) is 1.90. The molecule has 0 aromatic heterocycles. The van der Waals surface area contributed by atoms with Crippen molar-refractivity contribution in [2.75, 3.05) is 36.0 Å². The average Bonchev–Trinajstić information content (AvgIpc) is 3.11. The average molecular weight is 433 g/mol. The summed E-state index contributed by atoms with van der Waals surface area (Å²) in [5.41, 5.74) is 1.99. The zero-order chi connectivity index (χ0) is 14.7. The topological polar surface area (TPSA) is 47.9 Å². The van der Waals surface area contributed by atoms with Crippen LogP contribution >= 0.6 is 35.7 Å². The van der Waals surface area contributed by atoms with E-state index in [9.17, 15) is 5.11 Å². The van der Waals surface area contributed by atoms with Crippen LogP contribution < -0.4 is 10.2 Å². The minimum absolute atomic E-state index is 0. The van der Waals surface area contributed by atoms with Gasteiger partial charge in [0.25, 0.3) is 0 Å². The van der Waals surface area contributed by atoms with Crippen LogP contribution in [0.25, 0.3) is 0 Å². The van der Waals surface area contributed by atoms with Crippen molar-refractivity contribution < 1.29 is 5.11 Å². The fourth-order valence-electron chi connectivity index (χ4n) is 2.90. The summed E-state index contributed by atoms with van der Waals surface area (Å²) in [5.74, 6) is 2.73. The summed E-state index contributed by atoms with van der Waals surface area (Å²) < 4.78 is 0. The number of aliphatic imine (C=N–C) groups is 1. The summed E-state index contributed by atoms with van der Waals surface area (Å²) >= 11 is 1.81. The van der Waals surface area contributed by atoms with Crippen molar-refractivity contribution in [2.45, 2.75) is 25.4 Å². The molecule has 1 aromatic rings. The number of benzene rings is 1. The van der Waals surface area contributed by atoms with E-state index >= 15 is 0 Å². The Morgan fingerprint density at radius 2 is 2.27 bits per heavy atom. The summed E-state index contributed by atoms with van der Waals surface area (Å²) in [5, 5.41) is 13.8. The van der Waals surface area contributed by atoms with Crippen molar-refractivity contribution in [1.82, 2.24) is 5.32 Å². The molecule has 0 amide bonds. The van der Waals surface area contributed by atoms with E-state index in [4.69, 9.17) is 4.99 Å². The van der Waals surface area contributed by atoms with Crippen molar-refractivity contribution in [3.05, 3.63) is 29.8 Å². The second-order valence-electron chi connectivity index (χ2n) is 5.73. The number of para-hydroxylation sites is 1. The number of guanidine groups is 1. The molecule has 3 rings (SSSR count). The number of nitrogens with zero attached hydrogens (tertiary/aromatic N) is 2. The molecule has 2 heterocycles. The normalized spacial score (nSPS) is 24.1. The van der Waals surface area contributed by atoms with Gasteiger partial charge in [0, 0.05) is 24.5 Å². The highest BCUT2D eigenvalue weighted by Crippen LogP contribution is 2.29. The van der Waals surface area contributed by atoms with Gasteiger partial charge in [-0.15, -0.1) is 24.0 Å². The number of halogens is 1. The predicted octanol–water partition coefficient (Wildman–Crippen LogP) is 2.50. The minimum Gasteiger partial charge on any atom is -0.387 e. The van der Waals surface area contributed by atoms with Crippen LogP contribution in [0.2, 0.25) is 0 Å². The monoisotopic (exact) mass is 433 g/mol. The maximum Gasteiger partial charge on any atom is 0.198 e. The Hall–Kier alpha value is -0.470. The first-order valence-electron chi connectivity index (χ1n) is 7.66. The van der Waals surface area contributed by atoms with Crippen molar-refractivity contribution in [1.29, 1.82) is 0 Å². The van der Waals surface area contributed by atoms with Gasteiger partial charge in [0.1, 0.15) is 0 Å². The minimum atomic E-state index is -0.620. The van der Waals surface area contributed by atoms with Gasteiger partial charge >= 0.3 is 0 Å². The fraction of sp³-hybridized carbons (Fsp3) is 0.562. The lowest BCUT2D eigenvalue weighted by Gasteiger charge is -2.25. The van der Waals surface area contributed by atoms with Gasteiger partial charge in [0.15, 0.2) is 5.96 Å². The first kappa shape index (κ1) is 17.9. The molecule has 1 atom stereocenters. The van der Waals surface area contributed by atoms with E-state index in [0.29, 0.717) is 6.54 Å². The third-order valence-corrected chi connectivity index (χ3v) is 5.32. The van der Waals surface area contributed by atoms with Crippen molar-refractivity contribution >= 4 is 47.4 Å². The molecule has 0 radical (unpaired) electrons. The Balaban J connectivity index is 0.00000176. The van der Waals surface area contributed by atoms with Crippen LogP contribution in [-0.2, 0) is 6.42 Å². The number of fused-ring (bicyclic) bond motifs is 1. The molecular weight excluding hydrogens is 409 g/mol. The number of anilines is 1. The van der Waals surface area contributed by atoms with Gasteiger partial charge in [0.2, 0.25) is 0 Å². The Labute approximate surface area is 153 Å². The summed E-state index contributed by atoms with van der Waals surface area (Å²) in [6.45, 7) is 4.36. The molecule has 4 nitrogen and oxygen atoms in total. The molecule has 0 aliphatic carbocycles. The molecule has 0 bridgehead atoms. The quantitative estimate of drug-likeness (QED) is 0.437. The van der Waals surface area contributed by atoms with Crippen LogP contribution in [0.4, 0.5) is 5.69 Å². The highest BCUT2D eigenvalue weighted by atomic mass is 127. The van der Waals surface area contributed by atoms with Gasteiger partial charge < -0.3 is 15.3 Å². The van der Waals surface area contributed by atoms with E-state index in [-0.39, 0.29) is 24.0 Å². The van der Waals surface area contributed by atoms with Crippen molar-refractivity contribution in [2.24, 2.45) is 4.99 Å². The molecule has 1 aromatic carbocycles. The molecule has 2 aliphatic rings. The number of rotatable bonds is 3. The van der Waals surface area contributed by atoms with Crippen LogP contribution in [0.15, 0.2) is 29.3 Å². The molecule has 2 aliphatic heterocycles. The smallest absolute Gasteiger partial charge is 0.198 e. The molecule has 0 saturated carbocycles. The molecule has 2 N–H and O–H groups in total. The third-order valence-electron chi connectivity index (χ3n) is 4.08. The van der Waals surface area contributed by atoms with Gasteiger partial charge in [0.05, 0.1) is 12.1 Å². The van der Waals surface area contributed by atoms with E-state index in [1.165, 1.54) is 11.3 Å². The highest BCUT2D eigenvalue weighted by Gasteiger charge is 2.32. The summed E-state index contributed by atoms with van der Waals surface area (Å²) in [7, 11) is 0. The zero-order valence-corrected chi connectivity index (χ0v) is 16.1. The molecular formula is C16H24IN3OS. The van der Waals surface area contributed by atoms with Crippen molar-refractivity contribution in [3.8, 4) is 0 Å². The largest absolute Gasteiger partial charge is 0.387 e. The van der Waals surface area contributed by atoms with E-state index in [2.05, 4.69) is 41.4 Å². The SMILES string of the molecule is CCNC(=NCC1(O)CCSC1)N1CCc2ccccc21.I. The highest BCUT2D eigenvalue weighted by molar-refractivity contribution is 14.0. The van der Waals surface area contributed by atoms with Crippen LogP contribution in [0.1, 0.15) is 18.9 Å². The van der Waals surface area contributed by atoms with Gasteiger partial charge in [-0.05, 0) is 37.1 Å². The Kier molecular flexibility index (Phi) is 6.40. The number of hydrogen-bond donors (Lipinski definition) is 2. The van der Waals surface area contributed by atoms with Gasteiger partial charge in [-0.2, -0.15) is 11.8 Å². The Bertz CT molecular complexity index is 532. The standard InChI is InChI=1S/C16H23N3OS.HI/c1-2-17-15(18-11-16(20)8-10-21-12-16)19-9-7-13-5-3-4-6-14(13)19;/h3-6,20H,2,7-12H2,1H3,(H,17,18);1H. The Morgan fingerprint density at radius 1 is 1.45 bits per heavy atom. The van der Waals surface area contributed by atoms with Crippen molar-refractivity contribution in [3.63, 3.8) is 0 Å². The molecule has 1 unspecified atom stereocenters. The summed E-state index contributed by atoms with van der Waals surface area (Å²) in [4.78, 5) is 6.96. The lowest BCUT2D eigenvalue weighted by molar-refractivity contribution is 0.0779. The van der Waals surface area contributed by atoms with Crippen LogP contribution in [0.5, 0.6) is 0 Å². The number of nitrogens with one attached hydrogen (secondary N) is 1. The lowest BCUT2D eigenvalue weighted by Crippen LogP contribution is -2.42. The second-order valence-corrected chi connectivity index (χ2v) is 6.83. The fourth-order valence-corrected chi connectivity index (χ4v) is 4.18. The molecule has 0 spiro atoms. The number of aliphatic hydroxyl groups is 1. The van der Waals surface area contributed by atoms with E-state index in [1.807, 2.05) is 11.8 Å². The zero-order valence-electron chi connectivity index (χ0n) is 12.9. The third kappa shape index (κ3) is 3.89. The van der Waals surface area contributed by atoms with Gasteiger partial charge in [-0.25, -0.2) is 4.99 Å². The van der Waals surface area contributed by atoms with Crippen LogP contribution in [-0.4, -0.2) is 47.8 Å². The van der Waals surface area contributed by atoms with Gasteiger partial charge in [-0.3, -0.25) is 0 Å². The van der Waals surface area contributed by atoms with E-state index in [1.54, 1.807) is 0 Å². The van der Waals surface area contributed by atoms with E-state index < -0.39 is 5.60 Å². The maximum atomic E-state index is 10.5. The van der Waals surface area contributed by atoms with Crippen LogP contribution in [0.3, 0.4) is 0 Å². The number of thioether (sulfide) groups is 1. The van der Waals surface area contributed by atoms with Gasteiger partial charge in [-0.1, -0.05) is 18.2 Å². The predicted molar refractivity (Wildman–Crippen MR) is 106 cm³/mol. The maximum absolute atomic E-state index is 10.5.